The van der Waals surface area contributed by atoms with Crippen LogP contribution >= 0.6 is 11.8 Å². The molecule has 31 nitrogen and oxygen atoms in total. The highest BCUT2D eigenvalue weighted by Gasteiger charge is 2.42. The summed E-state index contributed by atoms with van der Waals surface area (Å²) in [6.45, 7) is 3.86. The molecule has 2 saturated heterocycles. The maximum absolute atomic E-state index is 14.7. The number of benzene rings is 2. The Hall–Kier alpha value is -8.91. The van der Waals surface area contributed by atoms with Gasteiger partial charge in [0.2, 0.25) is 76.8 Å². The predicted molar refractivity (Wildman–Crippen MR) is 356 cm³/mol. The monoisotopic (exact) mass is 1350 g/mol. The quantitative estimate of drug-likeness (QED) is 0.0173. The van der Waals surface area contributed by atoms with Crippen LogP contribution in [0.15, 0.2) is 65.7 Å². The van der Waals surface area contributed by atoms with E-state index in [4.69, 9.17) is 40.1 Å². The number of nitrogens with two attached hydrogens (primary N) is 7. The summed E-state index contributed by atoms with van der Waals surface area (Å²) in [5.74, 6) is -9.80. The Kier molecular flexibility index (Phi) is 33.9. The van der Waals surface area contributed by atoms with Gasteiger partial charge in [0.25, 0.3) is 0 Å². The number of nitrogens with zero attached hydrogens (tertiary/aromatic N) is 3. The van der Waals surface area contributed by atoms with E-state index in [9.17, 15) is 62.3 Å². The molecule has 0 radical (unpaired) electrons. The van der Waals surface area contributed by atoms with E-state index in [-0.39, 0.29) is 83.0 Å². The molecule has 95 heavy (non-hydrogen) atoms. The molecule has 4 rings (SSSR count). The lowest BCUT2D eigenvalue weighted by Crippen LogP contribution is -2.60. The number of hydrogen-bond donors (Lipinski definition) is 15. The Labute approximate surface area is 558 Å². The number of likely N-dealkylation sites (tertiary alicyclic amines) is 2. The Balaban J connectivity index is 1.56. The number of rotatable bonds is 42. The molecule has 2 heterocycles. The Bertz CT molecular complexity index is 2960. The second-order valence-electron chi connectivity index (χ2n) is 24.1. The van der Waals surface area contributed by atoms with Gasteiger partial charge >= 0.3 is 0 Å². The first kappa shape index (κ1) is 78.5. The van der Waals surface area contributed by atoms with Crippen molar-refractivity contribution in [3.8, 4) is 0 Å². The molecule has 0 aliphatic carbocycles. The van der Waals surface area contributed by atoms with Crippen LogP contribution in [0.4, 0.5) is 0 Å². The molecule has 524 valence electrons. The molecule has 2 aliphatic heterocycles. The van der Waals surface area contributed by atoms with Crippen LogP contribution in [-0.4, -0.2) is 198 Å². The molecule has 0 unspecified atom stereocenters. The van der Waals surface area contributed by atoms with Crippen molar-refractivity contribution in [2.24, 2.45) is 51.0 Å². The van der Waals surface area contributed by atoms with E-state index in [1.807, 2.05) is 20.1 Å². The van der Waals surface area contributed by atoms with Crippen molar-refractivity contribution in [1.29, 1.82) is 0 Å². The molecule has 22 N–H and O–H groups in total. The van der Waals surface area contributed by atoms with Gasteiger partial charge in [-0.25, -0.2) is 0 Å². The summed E-state index contributed by atoms with van der Waals surface area (Å²) in [4.78, 5) is 185. The second-order valence-corrected chi connectivity index (χ2v) is 25.1. The molecule has 0 saturated carbocycles. The van der Waals surface area contributed by atoms with Crippen molar-refractivity contribution in [3.63, 3.8) is 0 Å². The van der Waals surface area contributed by atoms with Gasteiger partial charge in [-0.15, -0.1) is 0 Å². The van der Waals surface area contributed by atoms with Gasteiger partial charge < -0.3 is 92.5 Å². The number of primary amides is 3. The Morgan fingerprint density at radius 2 is 1.01 bits per heavy atom. The van der Waals surface area contributed by atoms with Crippen molar-refractivity contribution in [1.82, 2.24) is 52.3 Å². The Morgan fingerprint density at radius 1 is 0.537 bits per heavy atom. The van der Waals surface area contributed by atoms with Crippen LogP contribution in [0.3, 0.4) is 0 Å². The van der Waals surface area contributed by atoms with E-state index in [2.05, 4.69) is 47.5 Å². The van der Waals surface area contributed by atoms with Crippen molar-refractivity contribution in [2.75, 3.05) is 44.7 Å². The smallest absolute Gasteiger partial charge is 0.245 e. The van der Waals surface area contributed by atoms with Crippen LogP contribution in [0.2, 0.25) is 0 Å². The molecule has 10 atom stereocenters. The maximum Gasteiger partial charge on any atom is 0.245 e. The van der Waals surface area contributed by atoms with Crippen LogP contribution in [0.5, 0.6) is 0 Å². The highest BCUT2D eigenvalue weighted by atomic mass is 32.2. The molecule has 2 fully saturated rings. The van der Waals surface area contributed by atoms with Gasteiger partial charge in [-0.05, 0) is 119 Å². The minimum absolute atomic E-state index is 0.0736. The predicted octanol–water partition coefficient (Wildman–Crippen LogP) is -3.71. The summed E-state index contributed by atoms with van der Waals surface area (Å²) in [6.07, 6.45) is 3.12. The average Bonchev–Trinajstić information content (AvgIpc) is 1.74. The molecule has 13 amide bonds. The van der Waals surface area contributed by atoms with Crippen molar-refractivity contribution < 1.29 is 62.3 Å². The van der Waals surface area contributed by atoms with E-state index >= 15 is 0 Å². The lowest BCUT2D eigenvalue weighted by Gasteiger charge is -2.32. The third-order valence-electron chi connectivity index (χ3n) is 16.0. The van der Waals surface area contributed by atoms with Crippen LogP contribution < -0.4 is 82.7 Å². The van der Waals surface area contributed by atoms with Gasteiger partial charge in [0.15, 0.2) is 5.96 Å². The zero-order valence-corrected chi connectivity index (χ0v) is 55.3. The minimum Gasteiger partial charge on any atom is -0.370 e. The first-order valence-electron chi connectivity index (χ1n) is 32.2. The normalized spacial score (nSPS) is 16.8. The largest absolute Gasteiger partial charge is 0.370 e. The fourth-order valence-corrected chi connectivity index (χ4v) is 11.5. The van der Waals surface area contributed by atoms with Crippen LogP contribution in [0, 0.1) is 5.92 Å². The number of guanidine groups is 1. The molecule has 0 bridgehead atoms. The highest BCUT2D eigenvalue weighted by molar-refractivity contribution is 7.98. The first-order chi connectivity index (χ1) is 45.2. The topological polar surface area (TPSA) is 519 Å². The van der Waals surface area contributed by atoms with E-state index in [0.717, 1.165) is 0 Å². The zero-order valence-electron chi connectivity index (χ0n) is 54.5. The number of unbranched alkanes of at least 4 members (excludes halogenated alkanes) is 1. The summed E-state index contributed by atoms with van der Waals surface area (Å²) in [7, 11) is 0. The highest BCUT2D eigenvalue weighted by Crippen LogP contribution is 2.24. The molecular formula is C63H98N18O13S. The first-order valence-corrected chi connectivity index (χ1v) is 33.6. The van der Waals surface area contributed by atoms with Gasteiger partial charge in [0.1, 0.15) is 54.4 Å². The molecule has 2 aromatic carbocycles. The van der Waals surface area contributed by atoms with Gasteiger partial charge in [0, 0.05) is 45.3 Å². The molecule has 0 aromatic heterocycles. The molecule has 2 aromatic rings. The van der Waals surface area contributed by atoms with E-state index in [0.29, 0.717) is 55.4 Å². The number of aliphatic imine (C=N–C) groups is 1. The number of amides is 13. The Morgan fingerprint density at radius 3 is 1.51 bits per heavy atom. The van der Waals surface area contributed by atoms with Crippen LogP contribution in [-0.2, 0) is 75.2 Å². The maximum atomic E-state index is 14.7. The average molecular weight is 1350 g/mol. The molecular weight excluding hydrogens is 1250 g/mol. The molecule has 2 aliphatic rings. The number of hydrogen-bond acceptors (Lipinski definition) is 17. The summed E-state index contributed by atoms with van der Waals surface area (Å²) in [5, 5.41) is 21.1. The minimum atomic E-state index is -1.64. The number of carbonyl (C=O) groups excluding carboxylic acids is 13. The molecule has 0 spiro atoms. The second kappa shape index (κ2) is 41.0. The summed E-state index contributed by atoms with van der Waals surface area (Å²) in [5.41, 5.74) is 40.6. The van der Waals surface area contributed by atoms with Crippen molar-refractivity contribution >= 4 is 94.5 Å². The summed E-state index contributed by atoms with van der Waals surface area (Å²) >= 11 is 1.45. The third-order valence-corrected chi connectivity index (χ3v) is 16.7. The lowest BCUT2D eigenvalue weighted by molar-refractivity contribution is -0.144. The van der Waals surface area contributed by atoms with E-state index in [1.165, 1.54) is 21.6 Å². The number of nitrogens with one attached hydrogen (secondary N) is 8. The standard InChI is InChI=1S/C63H98N18O13S/c1-37(2)33-45(57(89)74-41(53(68)85)27-32-95-3)73-52(84)36-72-54(86)46(34-38-15-6-4-7-16-38)78-58(90)47(35-39-17-8-5-9-18-39)79-56(88)42(23-25-50(66)82)75-55(87)43(24-26-51(67)83)76-59(91)49-22-14-31-81(49)62(94)44(20-10-11-28-64)77-60(92)48-21-13-30-80(48)61(93)40(65)19-12-29-71-63(69)70/h4-9,15-18,37,40-49H,10-14,19-36,64-65H2,1-3H3,(H2,66,82)(H2,67,83)(H2,68,85)(H,72,86)(H,73,84)(H,74,89)(H,75,87)(H,76,91)(H,77,92)(H,78,90)(H,79,88)(H4,69,70,71)/t40-,41+,42-,43-,44-,45+,46-,47+,48-,49+/m1/s1. The molecule has 32 heteroatoms. The summed E-state index contributed by atoms with van der Waals surface area (Å²) < 4.78 is 0. The number of thioether (sulfide) groups is 1. The van der Waals surface area contributed by atoms with Gasteiger partial charge in [-0.2, -0.15) is 11.8 Å². The van der Waals surface area contributed by atoms with E-state index < -0.39 is 169 Å². The SMILES string of the molecule is CSCC[C@H](NC(=O)[C@H](CC(C)C)NC(=O)CNC(=O)[C@@H](Cc1ccccc1)NC(=O)[C@H](Cc1ccccc1)NC(=O)[C@@H](CCC(N)=O)NC(=O)[C@@H](CCC(N)=O)NC(=O)[C@@H]1CCCN1C(=O)[C@@H](CCCCN)NC(=O)[C@H]1CCCN1C(=O)[C@H](N)CCCN=C(N)N)C(N)=O. The van der Waals surface area contributed by atoms with Gasteiger partial charge in [-0.1, -0.05) is 74.5 Å². The van der Waals surface area contributed by atoms with Gasteiger partial charge in [-0.3, -0.25) is 67.3 Å². The number of carbonyl (C=O) groups is 13. The fraction of sp³-hybridized carbons (Fsp3) is 0.587. The van der Waals surface area contributed by atoms with Gasteiger partial charge in [0.05, 0.1) is 12.6 Å². The fourth-order valence-electron chi connectivity index (χ4n) is 11.0. The lowest BCUT2D eigenvalue weighted by atomic mass is 10.0. The van der Waals surface area contributed by atoms with Crippen LogP contribution in [0.1, 0.15) is 121 Å². The van der Waals surface area contributed by atoms with Crippen molar-refractivity contribution in [3.05, 3.63) is 71.8 Å². The summed E-state index contributed by atoms with van der Waals surface area (Å²) in [6, 6.07) is 4.51. The van der Waals surface area contributed by atoms with Crippen LogP contribution in [0.25, 0.3) is 0 Å². The zero-order chi connectivity index (χ0) is 70.1. The van der Waals surface area contributed by atoms with E-state index in [1.54, 1.807) is 60.7 Å². The van der Waals surface area contributed by atoms with Crippen molar-refractivity contribution in [2.45, 2.75) is 183 Å². The third kappa shape index (κ3) is 27.5.